The molecule has 0 saturated carbocycles. The molecule has 0 N–H and O–H groups in total. The fourth-order valence-corrected chi connectivity index (χ4v) is 1.13. The van der Waals surface area contributed by atoms with Crippen LogP contribution in [0.3, 0.4) is 0 Å². The molecule has 0 radical (unpaired) electrons. The summed E-state index contributed by atoms with van der Waals surface area (Å²) in [6.07, 6.45) is -3.05. The van der Waals surface area contributed by atoms with E-state index in [0.29, 0.717) is 0 Å². The summed E-state index contributed by atoms with van der Waals surface area (Å²) in [5, 5.41) is 0. The first-order valence-corrected chi connectivity index (χ1v) is 4.27. The maximum Gasteiger partial charge on any atom is 0.393 e. The molecule has 0 aromatic carbocycles. The quantitative estimate of drug-likeness (QED) is 0.618. The highest BCUT2D eigenvalue weighted by Gasteiger charge is 2.47. The van der Waals surface area contributed by atoms with Crippen molar-refractivity contribution in [3.63, 3.8) is 0 Å². The summed E-state index contributed by atoms with van der Waals surface area (Å²) in [4.78, 5) is 0. The molecule has 0 fully saturated rings. The Bertz CT molecular complexity index is 135. The van der Waals surface area contributed by atoms with Crippen molar-refractivity contribution in [2.75, 3.05) is 0 Å². The van der Waals surface area contributed by atoms with Gasteiger partial charge in [0, 0.05) is 0 Å². The fourth-order valence-electron chi connectivity index (χ4n) is 1.13. The Morgan fingerprint density at radius 1 is 1.17 bits per heavy atom. The third-order valence-electron chi connectivity index (χ3n) is 2.32. The van der Waals surface area contributed by atoms with Crippen LogP contribution in [0.2, 0.25) is 0 Å². The molecule has 0 rings (SSSR count). The Morgan fingerprint density at radius 3 is 1.83 bits per heavy atom. The number of rotatable bonds is 3. The topological polar surface area (TPSA) is 0 Å². The first-order valence-electron chi connectivity index (χ1n) is 4.27. The summed E-state index contributed by atoms with van der Waals surface area (Å²) in [5.41, 5.74) is -1.54. The first-order chi connectivity index (χ1) is 5.20. The Hall–Kier alpha value is -0.210. The van der Waals surface area contributed by atoms with Crippen LogP contribution in [-0.4, -0.2) is 6.18 Å². The van der Waals surface area contributed by atoms with E-state index in [4.69, 9.17) is 0 Å². The highest BCUT2D eigenvalue weighted by molar-refractivity contribution is 4.78. The van der Waals surface area contributed by atoms with E-state index in [-0.39, 0.29) is 12.3 Å². The molecule has 0 spiro atoms. The second-order valence-corrected chi connectivity index (χ2v) is 4.10. The van der Waals surface area contributed by atoms with Gasteiger partial charge in [0.05, 0.1) is 5.41 Å². The van der Waals surface area contributed by atoms with Crippen LogP contribution in [0.4, 0.5) is 13.2 Å². The number of alkyl halides is 3. The van der Waals surface area contributed by atoms with E-state index >= 15 is 0 Å². The minimum absolute atomic E-state index is 0.140. The van der Waals surface area contributed by atoms with Gasteiger partial charge in [-0.2, -0.15) is 13.2 Å². The van der Waals surface area contributed by atoms with Crippen molar-refractivity contribution >= 4 is 0 Å². The molecule has 3 heteroatoms. The van der Waals surface area contributed by atoms with Crippen molar-refractivity contribution in [3.8, 4) is 0 Å². The number of hydrogen-bond acceptors (Lipinski definition) is 0. The van der Waals surface area contributed by atoms with Crippen LogP contribution in [0, 0.1) is 11.3 Å². The predicted molar refractivity (Wildman–Crippen MR) is 43.9 cm³/mol. The summed E-state index contributed by atoms with van der Waals surface area (Å²) in [6.45, 7) is 6.29. The first kappa shape index (κ1) is 11.8. The minimum atomic E-state index is -4.07. The van der Waals surface area contributed by atoms with Crippen molar-refractivity contribution in [1.82, 2.24) is 0 Å². The molecular weight excluding hydrogens is 165 g/mol. The van der Waals surface area contributed by atoms with Crippen molar-refractivity contribution in [2.45, 2.75) is 46.7 Å². The van der Waals surface area contributed by atoms with E-state index in [2.05, 4.69) is 0 Å². The van der Waals surface area contributed by atoms with Gasteiger partial charge in [0.2, 0.25) is 0 Å². The van der Waals surface area contributed by atoms with E-state index in [1.54, 1.807) is 0 Å². The molecule has 1 atom stereocenters. The van der Waals surface area contributed by atoms with Crippen molar-refractivity contribution < 1.29 is 13.2 Å². The molecule has 0 saturated heterocycles. The number of halogens is 3. The van der Waals surface area contributed by atoms with Crippen LogP contribution in [0.1, 0.15) is 40.5 Å². The van der Waals surface area contributed by atoms with Crippen LogP contribution < -0.4 is 0 Å². The maximum atomic E-state index is 12.3. The monoisotopic (exact) mass is 182 g/mol. The van der Waals surface area contributed by atoms with Gasteiger partial charge in [-0.05, 0) is 12.3 Å². The molecule has 12 heavy (non-hydrogen) atoms. The molecule has 0 bridgehead atoms. The SMILES string of the molecule is CCC(C)CC(C)(C)C(F)(F)F. The third-order valence-corrected chi connectivity index (χ3v) is 2.32. The molecule has 1 unspecified atom stereocenters. The normalized spacial score (nSPS) is 16.2. The highest BCUT2D eigenvalue weighted by Crippen LogP contribution is 2.42. The largest absolute Gasteiger partial charge is 0.393 e. The lowest BCUT2D eigenvalue weighted by atomic mass is 9.82. The van der Waals surface area contributed by atoms with Gasteiger partial charge in [-0.1, -0.05) is 34.1 Å². The van der Waals surface area contributed by atoms with Gasteiger partial charge < -0.3 is 0 Å². The molecule has 0 aliphatic heterocycles. The summed E-state index contributed by atoms with van der Waals surface area (Å²) < 4.78 is 37.0. The fraction of sp³-hybridized carbons (Fsp3) is 1.00. The predicted octanol–water partition coefficient (Wildman–Crippen LogP) is 4.01. The Kier molecular flexibility index (Phi) is 3.60. The summed E-state index contributed by atoms with van der Waals surface area (Å²) in [5.74, 6) is 0.140. The van der Waals surface area contributed by atoms with E-state index < -0.39 is 11.6 Å². The average molecular weight is 182 g/mol. The van der Waals surface area contributed by atoms with Crippen LogP contribution in [0.25, 0.3) is 0 Å². The van der Waals surface area contributed by atoms with Gasteiger partial charge in [0.1, 0.15) is 0 Å². The lowest BCUT2D eigenvalue weighted by Crippen LogP contribution is -2.33. The zero-order chi connectivity index (χ0) is 9.99. The van der Waals surface area contributed by atoms with Crippen LogP contribution in [0.5, 0.6) is 0 Å². The van der Waals surface area contributed by atoms with Gasteiger partial charge in [-0.25, -0.2) is 0 Å². The average Bonchev–Trinajstić information content (AvgIpc) is 1.84. The van der Waals surface area contributed by atoms with E-state index in [0.717, 1.165) is 6.42 Å². The lowest BCUT2D eigenvalue weighted by molar-refractivity contribution is -0.216. The van der Waals surface area contributed by atoms with Gasteiger partial charge in [-0.3, -0.25) is 0 Å². The van der Waals surface area contributed by atoms with Gasteiger partial charge in [-0.15, -0.1) is 0 Å². The standard InChI is InChI=1S/C9H17F3/c1-5-7(2)6-8(3,4)9(10,11)12/h7H,5-6H2,1-4H3. The number of hydrogen-bond donors (Lipinski definition) is 0. The van der Waals surface area contributed by atoms with Crippen LogP contribution >= 0.6 is 0 Å². The Balaban J connectivity index is 4.22. The molecule has 0 aromatic heterocycles. The summed E-state index contributed by atoms with van der Waals surface area (Å²) in [7, 11) is 0. The second kappa shape index (κ2) is 3.67. The van der Waals surface area contributed by atoms with E-state index in [1.165, 1.54) is 13.8 Å². The van der Waals surface area contributed by atoms with Gasteiger partial charge in [0.15, 0.2) is 0 Å². The minimum Gasteiger partial charge on any atom is -0.171 e. The molecule has 0 aromatic rings. The van der Waals surface area contributed by atoms with E-state index in [9.17, 15) is 13.2 Å². The summed E-state index contributed by atoms with van der Waals surface area (Å²) in [6, 6.07) is 0. The Morgan fingerprint density at radius 2 is 1.58 bits per heavy atom. The van der Waals surface area contributed by atoms with Gasteiger partial charge in [0.25, 0.3) is 0 Å². The zero-order valence-corrected chi connectivity index (χ0v) is 8.13. The highest BCUT2D eigenvalue weighted by atomic mass is 19.4. The molecule has 0 aliphatic carbocycles. The second-order valence-electron chi connectivity index (χ2n) is 4.10. The molecule has 0 amide bonds. The third kappa shape index (κ3) is 3.03. The van der Waals surface area contributed by atoms with E-state index in [1.807, 2.05) is 13.8 Å². The molecule has 0 nitrogen and oxygen atoms in total. The van der Waals surface area contributed by atoms with Crippen LogP contribution in [-0.2, 0) is 0 Å². The molecule has 0 heterocycles. The summed E-state index contributed by atoms with van der Waals surface area (Å²) >= 11 is 0. The van der Waals surface area contributed by atoms with Gasteiger partial charge >= 0.3 is 6.18 Å². The zero-order valence-electron chi connectivity index (χ0n) is 8.13. The van der Waals surface area contributed by atoms with Crippen molar-refractivity contribution in [3.05, 3.63) is 0 Å². The maximum absolute atomic E-state index is 12.3. The molecular formula is C9H17F3. The van der Waals surface area contributed by atoms with Crippen LogP contribution in [0.15, 0.2) is 0 Å². The van der Waals surface area contributed by atoms with Crippen molar-refractivity contribution in [1.29, 1.82) is 0 Å². The Labute approximate surface area is 72.2 Å². The molecule has 0 aliphatic rings. The smallest absolute Gasteiger partial charge is 0.171 e. The molecule has 74 valence electrons. The van der Waals surface area contributed by atoms with Crippen molar-refractivity contribution in [2.24, 2.45) is 11.3 Å². The lowest BCUT2D eigenvalue weighted by Gasteiger charge is -2.30.